The van der Waals surface area contributed by atoms with Gasteiger partial charge in [-0.15, -0.1) is 0 Å². The molecule has 0 amide bonds. The summed E-state index contributed by atoms with van der Waals surface area (Å²) in [6.45, 7) is 2.80. The molecule has 1 aromatic rings. The van der Waals surface area contributed by atoms with Gasteiger partial charge in [-0.3, -0.25) is 10.5 Å². The average molecular weight is 273 g/mol. The van der Waals surface area contributed by atoms with Crippen LogP contribution in [-0.2, 0) is 11.3 Å². The zero-order chi connectivity index (χ0) is 13.2. The van der Waals surface area contributed by atoms with E-state index < -0.39 is 0 Å². The standard InChI is InChI=1S/C12H21ClN4O/c1-3-17-10(9(13)8-15-17)11(16-14)12(18-2)6-4-5-7-12/h8,11,16H,3-7,14H2,1-2H3. The van der Waals surface area contributed by atoms with E-state index in [-0.39, 0.29) is 11.6 Å². The minimum atomic E-state index is -0.272. The van der Waals surface area contributed by atoms with Crippen LogP contribution in [0.4, 0.5) is 0 Å². The third-order valence-electron chi connectivity index (χ3n) is 3.96. The molecule has 0 saturated heterocycles. The molecule has 6 heteroatoms. The molecule has 1 aromatic heterocycles. The molecule has 1 unspecified atom stereocenters. The van der Waals surface area contributed by atoms with E-state index in [0.717, 1.165) is 37.9 Å². The van der Waals surface area contributed by atoms with Gasteiger partial charge in [0.1, 0.15) is 0 Å². The van der Waals surface area contributed by atoms with E-state index in [1.54, 1.807) is 13.3 Å². The van der Waals surface area contributed by atoms with Crippen molar-refractivity contribution in [3.8, 4) is 0 Å². The minimum Gasteiger partial charge on any atom is -0.376 e. The van der Waals surface area contributed by atoms with Gasteiger partial charge in [0.15, 0.2) is 0 Å². The lowest BCUT2D eigenvalue weighted by Crippen LogP contribution is -2.47. The van der Waals surface area contributed by atoms with Gasteiger partial charge in [0.05, 0.1) is 28.6 Å². The number of nitrogens with zero attached hydrogens (tertiary/aromatic N) is 2. The fourth-order valence-corrected chi connectivity index (χ4v) is 3.23. The Bertz CT molecular complexity index is 401. The highest BCUT2D eigenvalue weighted by Crippen LogP contribution is 2.43. The largest absolute Gasteiger partial charge is 0.376 e. The minimum absolute atomic E-state index is 0.125. The Labute approximate surface area is 113 Å². The van der Waals surface area contributed by atoms with Gasteiger partial charge in [-0.25, -0.2) is 5.43 Å². The molecule has 1 aliphatic rings. The van der Waals surface area contributed by atoms with Crippen LogP contribution in [0, 0.1) is 0 Å². The Kier molecular flexibility index (Phi) is 4.27. The summed E-state index contributed by atoms with van der Waals surface area (Å²) >= 11 is 6.26. The van der Waals surface area contributed by atoms with Gasteiger partial charge in [0.2, 0.25) is 0 Å². The third-order valence-corrected chi connectivity index (χ3v) is 4.25. The molecule has 1 fully saturated rings. The molecule has 1 heterocycles. The summed E-state index contributed by atoms with van der Waals surface area (Å²) in [4.78, 5) is 0. The molecule has 102 valence electrons. The lowest BCUT2D eigenvalue weighted by atomic mass is 9.90. The molecule has 1 aliphatic carbocycles. The van der Waals surface area contributed by atoms with E-state index in [4.69, 9.17) is 22.2 Å². The maximum atomic E-state index is 6.26. The summed E-state index contributed by atoms with van der Waals surface area (Å²) < 4.78 is 7.67. The number of hydrazine groups is 1. The highest BCUT2D eigenvalue weighted by molar-refractivity contribution is 6.31. The van der Waals surface area contributed by atoms with Crippen LogP contribution >= 0.6 is 11.6 Å². The molecule has 0 radical (unpaired) electrons. The summed E-state index contributed by atoms with van der Waals surface area (Å²) in [5, 5.41) is 4.92. The van der Waals surface area contributed by atoms with E-state index >= 15 is 0 Å². The van der Waals surface area contributed by atoms with Gasteiger partial charge in [0.25, 0.3) is 0 Å². The number of nitrogens with two attached hydrogens (primary N) is 1. The van der Waals surface area contributed by atoms with Crippen molar-refractivity contribution >= 4 is 11.6 Å². The Balaban J connectivity index is 2.40. The van der Waals surface area contributed by atoms with Crippen LogP contribution in [0.2, 0.25) is 5.02 Å². The second-order valence-corrected chi connectivity index (χ2v) is 5.18. The molecule has 0 spiro atoms. The molecule has 0 bridgehead atoms. The molecule has 0 aliphatic heterocycles. The Morgan fingerprint density at radius 2 is 2.28 bits per heavy atom. The van der Waals surface area contributed by atoms with E-state index in [1.807, 2.05) is 11.6 Å². The molecule has 5 nitrogen and oxygen atoms in total. The van der Waals surface area contributed by atoms with Crippen LogP contribution in [-0.4, -0.2) is 22.5 Å². The van der Waals surface area contributed by atoms with Crippen molar-refractivity contribution in [2.24, 2.45) is 5.84 Å². The predicted octanol–water partition coefficient (Wildman–Crippen LogP) is 2.02. The molecule has 2 rings (SSSR count). The van der Waals surface area contributed by atoms with Gasteiger partial charge in [0, 0.05) is 13.7 Å². The third kappa shape index (κ3) is 2.16. The zero-order valence-corrected chi connectivity index (χ0v) is 11.7. The molecular weight excluding hydrogens is 252 g/mol. The molecule has 3 N–H and O–H groups in total. The summed E-state index contributed by atoms with van der Waals surface area (Å²) in [5.74, 6) is 5.77. The lowest BCUT2D eigenvalue weighted by molar-refractivity contribution is -0.0390. The SMILES string of the molecule is CCn1ncc(Cl)c1C(NN)C1(OC)CCCC1. The summed E-state index contributed by atoms with van der Waals surface area (Å²) in [5.41, 5.74) is 3.53. The summed E-state index contributed by atoms with van der Waals surface area (Å²) in [6, 6.07) is -0.125. The van der Waals surface area contributed by atoms with Crippen LogP contribution < -0.4 is 11.3 Å². The van der Waals surface area contributed by atoms with Crippen LogP contribution in [0.1, 0.15) is 44.3 Å². The zero-order valence-electron chi connectivity index (χ0n) is 10.9. The first-order chi connectivity index (χ1) is 8.68. The highest BCUT2D eigenvalue weighted by atomic mass is 35.5. The van der Waals surface area contributed by atoms with E-state index in [1.165, 1.54) is 0 Å². The number of ether oxygens (including phenoxy) is 1. The number of nitrogens with one attached hydrogen (secondary N) is 1. The summed E-state index contributed by atoms with van der Waals surface area (Å²) in [7, 11) is 1.75. The maximum Gasteiger partial charge on any atom is 0.0933 e. The lowest BCUT2D eigenvalue weighted by Gasteiger charge is -2.36. The number of aryl methyl sites for hydroxylation is 1. The fraction of sp³-hybridized carbons (Fsp3) is 0.750. The Morgan fingerprint density at radius 3 is 2.78 bits per heavy atom. The number of hydrogen-bond acceptors (Lipinski definition) is 4. The molecule has 18 heavy (non-hydrogen) atoms. The first-order valence-corrected chi connectivity index (χ1v) is 6.78. The number of methoxy groups -OCH3 is 1. The van der Waals surface area contributed by atoms with E-state index in [2.05, 4.69) is 10.5 Å². The van der Waals surface area contributed by atoms with Crippen LogP contribution in [0.15, 0.2) is 6.20 Å². The van der Waals surface area contributed by atoms with Crippen LogP contribution in [0.3, 0.4) is 0 Å². The topological polar surface area (TPSA) is 65.1 Å². The quantitative estimate of drug-likeness (QED) is 0.636. The summed E-state index contributed by atoms with van der Waals surface area (Å²) in [6.07, 6.45) is 5.96. The smallest absolute Gasteiger partial charge is 0.0933 e. The van der Waals surface area contributed by atoms with Gasteiger partial charge in [-0.05, 0) is 19.8 Å². The van der Waals surface area contributed by atoms with Crippen molar-refractivity contribution in [2.75, 3.05) is 7.11 Å². The number of rotatable bonds is 5. The Hall–Kier alpha value is -0.620. The van der Waals surface area contributed by atoms with Crippen LogP contribution in [0.25, 0.3) is 0 Å². The van der Waals surface area contributed by atoms with Gasteiger partial charge >= 0.3 is 0 Å². The van der Waals surface area contributed by atoms with Crippen molar-refractivity contribution in [3.63, 3.8) is 0 Å². The van der Waals surface area contributed by atoms with Crippen molar-refractivity contribution in [3.05, 3.63) is 16.9 Å². The second kappa shape index (κ2) is 5.57. The van der Waals surface area contributed by atoms with Crippen molar-refractivity contribution < 1.29 is 4.74 Å². The molecule has 1 saturated carbocycles. The first-order valence-electron chi connectivity index (χ1n) is 6.41. The van der Waals surface area contributed by atoms with Gasteiger partial charge < -0.3 is 4.74 Å². The number of halogens is 1. The maximum absolute atomic E-state index is 6.26. The monoisotopic (exact) mass is 272 g/mol. The molecule has 0 aromatic carbocycles. The Morgan fingerprint density at radius 1 is 1.61 bits per heavy atom. The molecular formula is C12H21ClN4O. The van der Waals surface area contributed by atoms with Crippen molar-refractivity contribution in [1.29, 1.82) is 0 Å². The van der Waals surface area contributed by atoms with E-state index in [0.29, 0.717) is 5.02 Å². The van der Waals surface area contributed by atoms with Gasteiger partial charge in [-0.1, -0.05) is 24.4 Å². The molecule has 1 atom stereocenters. The first kappa shape index (κ1) is 13.8. The van der Waals surface area contributed by atoms with Crippen LogP contribution in [0.5, 0.6) is 0 Å². The normalized spacial score (nSPS) is 20.2. The fourth-order valence-electron chi connectivity index (χ4n) is 2.97. The highest BCUT2D eigenvalue weighted by Gasteiger charge is 2.44. The second-order valence-electron chi connectivity index (χ2n) is 4.77. The average Bonchev–Trinajstić information content (AvgIpc) is 3.00. The number of aromatic nitrogens is 2. The van der Waals surface area contributed by atoms with Gasteiger partial charge in [-0.2, -0.15) is 5.10 Å². The predicted molar refractivity (Wildman–Crippen MR) is 71.2 cm³/mol. The number of hydrogen-bond donors (Lipinski definition) is 2. The van der Waals surface area contributed by atoms with E-state index in [9.17, 15) is 0 Å². The van der Waals surface area contributed by atoms with Crippen molar-refractivity contribution in [2.45, 2.75) is 50.8 Å². The van der Waals surface area contributed by atoms with Crippen molar-refractivity contribution in [1.82, 2.24) is 15.2 Å².